The first-order chi connectivity index (χ1) is 21.3. The third-order valence-corrected chi connectivity index (χ3v) is 8.95. The van der Waals surface area contributed by atoms with Crippen LogP contribution in [0.3, 0.4) is 0 Å². The number of halogens is 1. The van der Waals surface area contributed by atoms with E-state index in [1.165, 1.54) is 28.4 Å². The maximum atomic E-state index is 14.2. The lowest BCUT2D eigenvalue weighted by Gasteiger charge is -2.42. The first kappa shape index (κ1) is 31.4. The Kier molecular flexibility index (Phi) is 8.50. The molecular weight excluding hydrogens is 591 g/mol. The molecule has 45 heavy (non-hydrogen) atoms. The fourth-order valence-electron chi connectivity index (χ4n) is 5.32. The Morgan fingerprint density at radius 3 is 2.44 bits per heavy atom. The lowest BCUT2D eigenvalue weighted by molar-refractivity contribution is 0.0595. The van der Waals surface area contributed by atoms with E-state index in [9.17, 15) is 19.2 Å². The van der Waals surface area contributed by atoms with Gasteiger partial charge in [0.2, 0.25) is 5.96 Å². The highest BCUT2D eigenvalue weighted by Crippen LogP contribution is 2.46. The number of amides is 2. The Balaban J connectivity index is 1.75. The number of hydrogen-bond donors (Lipinski definition) is 0. The van der Waals surface area contributed by atoms with Crippen molar-refractivity contribution in [2.75, 3.05) is 14.2 Å². The number of guanidine groups is 1. The number of aliphatic imine (C=N–C) groups is 1. The monoisotopic (exact) mass is 624 g/mol. The summed E-state index contributed by atoms with van der Waals surface area (Å²) in [5, 5.41) is 9.42. The van der Waals surface area contributed by atoms with Crippen molar-refractivity contribution < 1.29 is 23.5 Å². The van der Waals surface area contributed by atoms with E-state index in [1.54, 1.807) is 53.1 Å². The molecule has 0 spiro atoms. The molecule has 3 aromatic carbocycles. The molecule has 0 bridgehead atoms. The molecular formula is C35H33FN4O4S. The predicted molar refractivity (Wildman–Crippen MR) is 172 cm³/mol. The molecule has 2 amide bonds. The van der Waals surface area contributed by atoms with Crippen molar-refractivity contribution in [3.8, 4) is 22.3 Å². The second-order valence-corrected chi connectivity index (χ2v) is 12.9. The zero-order chi connectivity index (χ0) is 32.5. The number of benzene rings is 3. The SMILES string of the molecule is COc1ccc(CN2/C(=N/C(=O)OC(C)(C)C)N(C)C(=O)c3ccccc3C2(C)c2ccc(-c3ccc(F)c(C#N)c3)s2)cc1. The molecule has 10 heteroatoms. The summed E-state index contributed by atoms with van der Waals surface area (Å²) in [6, 6.07) is 25.1. The molecule has 1 aromatic heterocycles. The van der Waals surface area contributed by atoms with Crippen molar-refractivity contribution in [2.24, 2.45) is 4.99 Å². The number of carbonyl (C=O) groups excluding carboxylic acids is 2. The number of ether oxygens (including phenoxy) is 2. The molecule has 8 nitrogen and oxygen atoms in total. The van der Waals surface area contributed by atoms with Crippen LogP contribution in [-0.4, -0.2) is 47.5 Å². The van der Waals surface area contributed by atoms with E-state index in [-0.39, 0.29) is 24.0 Å². The molecule has 0 radical (unpaired) electrons. The van der Waals surface area contributed by atoms with Crippen molar-refractivity contribution >= 4 is 29.3 Å². The Bertz CT molecular complexity index is 1840. The van der Waals surface area contributed by atoms with Gasteiger partial charge in [-0.15, -0.1) is 16.3 Å². The fraction of sp³-hybridized carbons (Fsp3) is 0.257. The van der Waals surface area contributed by atoms with Crippen molar-refractivity contribution in [3.05, 3.63) is 112 Å². The van der Waals surface area contributed by atoms with Gasteiger partial charge in [0.15, 0.2) is 0 Å². The molecule has 230 valence electrons. The summed E-state index contributed by atoms with van der Waals surface area (Å²) >= 11 is 1.45. The zero-order valence-corrected chi connectivity index (χ0v) is 26.7. The number of rotatable bonds is 5. The molecule has 5 rings (SSSR count). The highest BCUT2D eigenvalue weighted by molar-refractivity contribution is 7.15. The van der Waals surface area contributed by atoms with Crippen LogP contribution in [0.25, 0.3) is 10.4 Å². The summed E-state index contributed by atoms with van der Waals surface area (Å²) in [5.41, 5.74) is 0.865. The van der Waals surface area contributed by atoms with Gasteiger partial charge < -0.3 is 14.4 Å². The average molecular weight is 625 g/mol. The lowest BCUT2D eigenvalue weighted by atomic mass is 9.85. The largest absolute Gasteiger partial charge is 0.497 e. The van der Waals surface area contributed by atoms with Crippen LogP contribution in [0.1, 0.15) is 59.6 Å². The number of fused-ring (bicyclic) bond motifs is 1. The number of nitriles is 1. The minimum absolute atomic E-state index is 0.0476. The predicted octanol–water partition coefficient (Wildman–Crippen LogP) is 7.58. The molecule has 0 aliphatic carbocycles. The van der Waals surface area contributed by atoms with Gasteiger partial charge in [0.25, 0.3) is 5.91 Å². The van der Waals surface area contributed by atoms with Crippen LogP contribution < -0.4 is 4.74 Å². The Labute approximate surface area is 266 Å². The summed E-state index contributed by atoms with van der Waals surface area (Å²) in [5.74, 6) is -0.105. The van der Waals surface area contributed by atoms with E-state index in [0.29, 0.717) is 16.9 Å². The first-order valence-corrected chi connectivity index (χ1v) is 15.1. The normalized spacial score (nSPS) is 17.5. The molecule has 1 aliphatic heterocycles. The Morgan fingerprint density at radius 2 is 1.78 bits per heavy atom. The van der Waals surface area contributed by atoms with Gasteiger partial charge >= 0.3 is 6.09 Å². The zero-order valence-electron chi connectivity index (χ0n) is 25.9. The van der Waals surface area contributed by atoms with Crippen LogP contribution in [-0.2, 0) is 16.8 Å². The smallest absolute Gasteiger partial charge is 0.437 e. The minimum Gasteiger partial charge on any atom is -0.497 e. The number of hydrogen-bond acceptors (Lipinski definition) is 6. The highest BCUT2D eigenvalue weighted by Gasteiger charge is 2.46. The second kappa shape index (κ2) is 12.2. The minimum atomic E-state index is -1.03. The van der Waals surface area contributed by atoms with Crippen molar-refractivity contribution in [1.82, 2.24) is 9.80 Å². The average Bonchev–Trinajstić information content (AvgIpc) is 3.50. The third-order valence-electron chi connectivity index (χ3n) is 7.61. The molecule has 1 atom stereocenters. The van der Waals surface area contributed by atoms with Gasteiger partial charge in [-0.25, -0.2) is 9.18 Å². The van der Waals surface area contributed by atoms with E-state index in [1.807, 2.05) is 66.4 Å². The molecule has 1 aliphatic rings. The maximum Gasteiger partial charge on any atom is 0.437 e. The number of thiophene rings is 1. The van der Waals surface area contributed by atoms with Crippen LogP contribution in [0, 0.1) is 17.1 Å². The molecule has 0 saturated carbocycles. The highest BCUT2D eigenvalue weighted by atomic mass is 32.1. The second-order valence-electron chi connectivity index (χ2n) is 11.8. The Morgan fingerprint density at radius 1 is 1.07 bits per heavy atom. The quantitative estimate of drug-likeness (QED) is 0.227. The topological polar surface area (TPSA) is 95.2 Å². The van der Waals surface area contributed by atoms with E-state index in [4.69, 9.17) is 9.47 Å². The molecule has 2 heterocycles. The standard InChI is InChI=1S/C35H33FN4O4S/c1-34(2,3)44-33(42)38-32-39(5)31(41)26-9-7-8-10-27(26)35(4,40(32)21-22-11-14-25(43-6)15-12-22)30-18-17-29(45-30)23-13-16-28(36)24(19-23)20-37/h7-19H,21H2,1-6H3/b38-32+. The van der Waals surface area contributed by atoms with Crippen molar-refractivity contribution in [3.63, 3.8) is 0 Å². The van der Waals surface area contributed by atoms with Crippen LogP contribution in [0.5, 0.6) is 5.75 Å². The molecule has 4 aromatic rings. The third kappa shape index (κ3) is 6.17. The van der Waals surface area contributed by atoms with Crippen LogP contribution in [0.4, 0.5) is 9.18 Å². The molecule has 1 unspecified atom stereocenters. The summed E-state index contributed by atoms with van der Waals surface area (Å²) in [6.07, 6.45) is -0.826. The van der Waals surface area contributed by atoms with Crippen molar-refractivity contribution in [2.45, 2.75) is 45.4 Å². The summed E-state index contributed by atoms with van der Waals surface area (Å²) in [6.45, 7) is 7.51. The van der Waals surface area contributed by atoms with Gasteiger partial charge in [0.1, 0.15) is 28.8 Å². The van der Waals surface area contributed by atoms with Gasteiger partial charge in [-0.2, -0.15) is 5.26 Å². The van der Waals surface area contributed by atoms with E-state index in [2.05, 4.69) is 4.99 Å². The van der Waals surface area contributed by atoms with Crippen LogP contribution in [0.2, 0.25) is 0 Å². The summed E-state index contributed by atoms with van der Waals surface area (Å²) in [4.78, 5) is 36.6. The number of methoxy groups -OCH3 is 1. The van der Waals surface area contributed by atoms with Gasteiger partial charge in [-0.05, 0) is 86.8 Å². The van der Waals surface area contributed by atoms with Crippen LogP contribution in [0.15, 0.2) is 83.9 Å². The fourth-order valence-corrected chi connectivity index (χ4v) is 6.49. The molecule has 0 saturated heterocycles. The van der Waals surface area contributed by atoms with E-state index >= 15 is 0 Å². The summed E-state index contributed by atoms with van der Waals surface area (Å²) < 4.78 is 25.1. The lowest BCUT2D eigenvalue weighted by Crippen LogP contribution is -2.51. The molecule has 0 N–H and O–H groups in total. The van der Waals surface area contributed by atoms with Gasteiger partial charge in [-0.1, -0.05) is 36.4 Å². The number of nitrogens with zero attached hydrogens (tertiary/aromatic N) is 4. The van der Waals surface area contributed by atoms with Gasteiger partial charge in [-0.3, -0.25) is 9.69 Å². The van der Waals surface area contributed by atoms with E-state index < -0.39 is 23.1 Å². The molecule has 0 fully saturated rings. The maximum absolute atomic E-state index is 14.2. The van der Waals surface area contributed by atoms with Crippen molar-refractivity contribution in [1.29, 1.82) is 5.26 Å². The number of carbonyl (C=O) groups is 2. The van der Waals surface area contributed by atoms with Gasteiger partial charge in [0.05, 0.1) is 12.7 Å². The van der Waals surface area contributed by atoms with E-state index in [0.717, 1.165) is 20.9 Å². The van der Waals surface area contributed by atoms with Crippen LogP contribution >= 0.6 is 11.3 Å². The first-order valence-electron chi connectivity index (χ1n) is 14.3. The summed E-state index contributed by atoms with van der Waals surface area (Å²) in [7, 11) is 3.19. The Hall–Kier alpha value is -5.01. The van der Waals surface area contributed by atoms with Gasteiger partial charge in [0, 0.05) is 28.9 Å².